The van der Waals surface area contributed by atoms with Gasteiger partial charge in [-0.2, -0.15) is 11.8 Å². The SMILES string of the molecule is CNC(CSC(C)CO)(C(=O)O)c1ccccc1. The van der Waals surface area contributed by atoms with Crippen molar-refractivity contribution in [2.75, 3.05) is 19.4 Å². The minimum Gasteiger partial charge on any atom is -0.480 e. The van der Waals surface area contributed by atoms with E-state index in [9.17, 15) is 9.90 Å². The quantitative estimate of drug-likeness (QED) is 0.696. The molecule has 4 nitrogen and oxygen atoms in total. The van der Waals surface area contributed by atoms with Crippen LogP contribution in [0.4, 0.5) is 0 Å². The molecule has 0 radical (unpaired) electrons. The Morgan fingerprint density at radius 2 is 2.06 bits per heavy atom. The van der Waals surface area contributed by atoms with E-state index >= 15 is 0 Å². The third-order valence-corrected chi connectivity index (χ3v) is 4.22. The van der Waals surface area contributed by atoms with E-state index in [1.54, 1.807) is 19.2 Å². The van der Waals surface area contributed by atoms with Crippen LogP contribution in [-0.2, 0) is 10.3 Å². The number of rotatable bonds is 7. The Bertz CT molecular complexity index is 385. The Hall–Kier alpha value is -1.04. The fourth-order valence-electron chi connectivity index (χ4n) is 1.63. The van der Waals surface area contributed by atoms with E-state index in [-0.39, 0.29) is 11.9 Å². The summed E-state index contributed by atoms with van der Waals surface area (Å²) in [6, 6.07) is 9.11. The molecule has 0 aliphatic rings. The summed E-state index contributed by atoms with van der Waals surface area (Å²) >= 11 is 1.44. The fourth-order valence-corrected chi connectivity index (χ4v) is 2.71. The van der Waals surface area contributed by atoms with Crippen LogP contribution >= 0.6 is 11.8 Å². The maximum atomic E-state index is 11.6. The number of likely N-dealkylation sites (N-methyl/N-ethyl adjacent to an activating group) is 1. The monoisotopic (exact) mass is 269 g/mol. The van der Waals surface area contributed by atoms with E-state index < -0.39 is 11.5 Å². The highest BCUT2D eigenvalue weighted by Gasteiger charge is 2.39. The van der Waals surface area contributed by atoms with Gasteiger partial charge >= 0.3 is 5.97 Å². The molecule has 1 aromatic rings. The Morgan fingerprint density at radius 3 is 2.50 bits per heavy atom. The number of aliphatic carboxylic acids is 1. The molecule has 2 unspecified atom stereocenters. The lowest BCUT2D eigenvalue weighted by atomic mass is 9.92. The van der Waals surface area contributed by atoms with Gasteiger partial charge in [-0.3, -0.25) is 0 Å². The van der Waals surface area contributed by atoms with Gasteiger partial charge in [0.25, 0.3) is 0 Å². The molecule has 0 heterocycles. The molecule has 0 amide bonds. The van der Waals surface area contributed by atoms with Gasteiger partial charge < -0.3 is 15.5 Å². The molecular formula is C13H19NO3S. The zero-order valence-electron chi connectivity index (χ0n) is 10.6. The molecule has 18 heavy (non-hydrogen) atoms. The van der Waals surface area contributed by atoms with Gasteiger partial charge in [-0.25, -0.2) is 4.79 Å². The van der Waals surface area contributed by atoms with Crippen molar-refractivity contribution in [2.24, 2.45) is 0 Å². The lowest BCUT2D eigenvalue weighted by Gasteiger charge is -2.30. The number of carbonyl (C=O) groups is 1. The zero-order valence-corrected chi connectivity index (χ0v) is 11.4. The maximum Gasteiger partial charge on any atom is 0.329 e. The van der Waals surface area contributed by atoms with Crippen LogP contribution in [0.1, 0.15) is 12.5 Å². The summed E-state index contributed by atoms with van der Waals surface area (Å²) in [4.78, 5) is 11.6. The fraction of sp³-hybridized carbons (Fsp3) is 0.462. The minimum absolute atomic E-state index is 0.0146. The van der Waals surface area contributed by atoms with Gasteiger partial charge in [0.2, 0.25) is 0 Å². The molecule has 1 aromatic carbocycles. The van der Waals surface area contributed by atoms with Crippen LogP contribution in [0.25, 0.3) is 0 Å². The van der Waals surface area contributed by atoms with Crippen LogP contribution in [0, 0.1) is 0 Å². The van der Waals surface area contributed by atoms with Crippen molar-refractivity contribution in [1.29, 1.82) is 0 Å². The third-order valence-electron chi connectivity index (χ3n) is 2.90. The first-order valence-electron chi connectivity index (χ1n) is 5.77. The average molecular weight is 269 g/mol. The molecule has 0 spiro atoms. The van der Waals surface area contributed by atoms with Gasteiger partial charge in [-0.15, -0.1) is 0 Å². The number of aliphatic hydroxyl groups excluding tert-OH is 1. The van der Waals surface area contributed by atoms with Crippen LogP contribution in [0.2, 0.25) is 0 Å². The molecule has 0 bridgehead atoms. The van der Waals surface area contributed by atoms with E-state index in [4.69, 9.17) is 5.11 Å². The van der Waals surface area contributed by atoms with Crippen molar-refractivity contribution in [1.82, 2.24) is 5.32 Å². The highest BCUT2D eigenvalue weighted by Crippen LogP contribution is 2.27. The van der Waals surface area contributed by atoms with Crippen molar-refractivity contribution in [2.45, 2.75) is 17.7 Å². The summed E-state index contributed by atoms with van der Waals surface area (Å²) in [6.45, 7) is 1.91. The molecule has 0 aromatic heterocycles. The summed E-state index contributed by atoms with van der Waals surface area (Å²) in [5.41, 5.74) is -0.396. The highest BCUT2D eigenvalue weighted by atomic mass is 32.2. The summed E-state index contributed by atoms with van der Waals surface area (Å²) in [7, 11) is 1.64. The van der Waals surface area contributed by atoms with Gasteiger partial charge in [0.1, 0.15) is 0 Å². The van der Waals surface area contributed by atoms with Gasteiger partial charge in [-0.1, -0.05) is 37.3 Å². The number of thioether (sulfide) groups is 1. The molecular weight excluding hydrogens is 250 g/mol. The lowest BCUT2D eigenvalue weighted by molar-refractivity contribution is -0.144. The topological polar surface area (TPSA) is 69.6 Å². The zero-order chi connectivity index (χ0) is 13.6. The number of hydrogen-bond acceptors (Lipinski definition) is 4. The van der Waals surface area contributed by atoms with Crippen molar-refractivity contribution < 1.29 is 15.0 Å². The van der Waals surface area contributed by atoms with Crippen LogP contribution < -0.4 is 5.32 Å². The Labute approximate surface area is 111 Å². The predicted octanol–water partition coefficient (Wildman–Crippen LogP) is 1.30. The minimum atomic E-state index is -1.12. The molecule has 3 N–H and O–H groups in total. The van der Waals surface area contributed by atoms with Crippen LogP contribution in [0.5, 0.6) is 0 Å². The van der Waals surface area contributed by atoms with Crippen molar-refractivity contribution in [3.05, 3.63) is 35.9 Å². The standard InChI is InChI=1S/C13H19NO3S/c1-10(8-15)18-9-13(14-2,12(16)17)11-6-4-3-5-7-11/h3-7,10,14-15H,8-9H2,1-2H3,(H,16,17). The van der Waals surface area contributed by atoms with Crippen molar-refractivity contribution in [3.8, 4) is 0 Å². The number of hydrogen-bond donors (Lipinski definition) is 3. The van der Waals surface area contributed by atoms with Gasteiger partial charge in [-0.05, 0) is 12.6 Å². The maximum absolute atomic E-state index is 11.6. The van der Waals surface area contributed by atoms with Crippen molar-refractivity contribution >= 4 is 17.7 Å². The second-order valence-corrected chi connectivity index (χ2v) is 5.56. The largest absolute Gasteiger partial charge is 0.480 e. The summed E-state index contributed by atoms with van der Waals surface area (Å²) < 4.78 is 0. The van der Waals surface area contributed by atoms with E-state index in [1.165, 1.54) is 11.8 Å². The Kier molecular flexibility index (Phi) is 5.65. The molecule has 2 atom stereocenters. The van der Waals surface area contributed by atoms with Gasteiger partial charge in [0, 0.05) is 11.0 Å². The van der Waals surface area contributed by atoms with E-state index in [1.807, 2.05) is 25.1 Å². The van der Waals surface area contributed by atoms with E-state index in [2.05, 4.69) is 5.32 Å². The number of carboxylic acid groups (broad SMARTS) is 1. The van der Waals surface area contributed by atoms with Gasteiger partial charge in [0.05, 0.1) is 6.61 Å². The molecule has 0 saturated heterocycles. The first-order chi connectivity index (χ1) is 8.56. The molecule has 0 aliphatic carbocycles. The Balaban J connectivity index is 2.99. The van der Waals surface area contributed by atoms with Gasteiger partial charge in [0.15, 0.2) is 5.54 Å². The van der Waals surface area contributed by atoms with Crippen molar-refractivity contribution in [3.63, 3.8) is 0 Å². The summed E-state index contributed by atoms with van der Waals surface area (Å²) in [6.07, 6.45) is 0. The number of benzene rings is 1. The first kappa shape index (κ1) is 15.0. The second-order valence-electron chi connectivity index (χ2n) is 4.13. The third kappa shape index (κ3) is 3.25. The summed E-state index contributed by atoms with van der Waals surface area (Å²) in [5.74, 6) is -0.543. The molecule has 1 rings (SSSR count). The van der Waals surface area contributed by atoms with E-state index in [0.717, 1.165) is 5.56 Å². The first-order valence-corrected chi connectivity index (χ1v) is 6.82. The number of nitrogens with one attached hydrogen (secondary N) is 1. The Morgan fingerprint density at radius 1 is 1.44 bits per heavy atom. The van der Waals surface area contributed by atoms with E-state index in [0.29, 0.717) is 5.75 Å². The normalized spacial score (nSPS) is 15.9. The van der Waals surface area contributed by atoms with Crippen LogP contribution in [-0.4, -0.2) is 40.8 Å². The molecule has 0 fully saturated rings. The molecule has 0 aliphatic heterocycles. The summed E-state index contributed by atoms with van der Waals surface area (Å²) in [5, 5.41) is 21.5. The molecule has 5 heteroatoms. The number of aliphatic hydroxyl groups is 1. The molecule has 0 saturated carbocycles. The second kappa shape index (κ2) is 6.78. The molecule has 100 valence electrons. The average Bonchev–Trinajstić information content (AvgIpc) is 2.40. The smallest absolute Gasteiger partial charge is 0.329 e. The highest BCUT2D eigenvalue weighted by molar-refractivity contribution is 8.00. The lowest BCUT2D eigenvalue weighted by Crippen LogP contribution is -2.50. The van der Waals surface area contributed by atoms with Crippen LogP contribution in [0.3, 0.4) is 0 Å². The predicted molar refractivity (Wildman–Crippen MR) is 73.8 cm³/mol. The van der Waals surface area contributed by atoms with Crippen LogP contribution in [0.15, 0.2) is 30.3 Å². The number of carboxylic acids is 1.